The van der Waals surface area contributed by atoms with Crippen LogP contribution in [0.1, 0.15) is 252 Å². The zero-order valence-corrected chi connectivity index (χ0v) is 41.9. The summed E-state index contributed by atoms with van der Waals surface area (Å²) in [4.78, 5) is 47.0. The van der Waals surface area contributed by atoms with Gasteiger partial charge in [-0.2, -0.15) is 0 Å². The molecule has 0 N–H and O–H groups in total. The molecule has 0 spiro atoms. The van der Waals surface area contributed by atoms with Gasteiger partial charge >= 0.3 is 18.0 Å². The molecule has 2 amide bonds. The fourth-order valence-electron chi connectivity index (χ4n) is 9.93. The van der Waals surface area contributed by atoms with Gasteiger partial charge in [-0.3, -0.25) is 9.59 Å². The summed E-state index contributed by atoms with van der Waals surface area (Å²) < 4.78 is 12.0. The van der Waals surface area contributed by atoms with Crippen LogP contribution in [-0.2, 0) is 19.1 Å². The number of esters is 2. The number of hydrogen-bond acceptors (Lipinski definition) is 6. The lowest BCUT2D eigenvalue weighted by atomic mass is 9.85. The van der Waals surface area contributed by atoms with Crippen LogP contribution in [-0.4, -0.2) is 91.7 Å². The van der Waals surface area contributed by atoms with Gasteiger partial charge in [0.2, 0.25) is 0 Å². The van der Waals surface area contributed by atoms with Crippen LogP contribution in [0.5, 0.6) is 0 Å². The molecule has 0 unspecified atom stereocenters. The fourth-order valence-corrected chi connectivity index (χ4v) is 9.93. The van der Waals surface area contributed by atoms with E-state index in [0.717, 1.165) is 96.9 Å². The highest BCUT2D eigenvalue weighted by atomic mass is 16.5. The summed E-state index contributed by atoms with van der Waals surface area (Å²) >= 11 is 0. The smallest absolute Gasteiger partial charge is 0.320 e. The molecule has 0 aromatic rings. The lowest BCUT2D eigenvalue weighted by Crippen LogP contribution is -2.50. The van der Waals surface area contributed by atoms with Crippen molar-refractivity contribution in [2.24, 2.45) is 17.8 Å². The van der Waals surface area contributed by atoms with Gasteiger partial charge in [-0.05, 0) is 96.1 Å². The SMILES string of the molecule is CCCCCCCC(CCCCCCC)COC(=O)CCCCCCCN(C(=O)N1CCCN(C)CC1)C1CCC(C(=O)OCC(CCCCCCC)CCCCCCC)CC1. The van der Waals surface area contributed by atoms with Crippen molar-refractivity contribution in [2.75, 3.05) is 53.0 Å². The van der Waals surface area contributed by atoms with Crippen LogP contribution in [0.3, 0.4) is 0 Å². The Bertz CT molecular complexity index is 1050. The van der Waals surface area contributed by atoms with Crippen LogP contribution in [0.4, 0.5) is 4.79 Å². The van der Waals surface area contributed by atoms with Gasteiger partial charge in [0.15, 0.2) is 0 Å². The van der Waals surface area contributed by atoms with Crippen molar-refractivity contribution in [3.05, 3.63) is 0 Å². The number of urea groups is 1. The van der Waals surface area contributed by atoms with E-state index in [4.69, 9.17) is 9.47 Å². The average Bonchev–Trinajstić information content (AvgIpc) is 3.51. The molecule has 8 heteroatoms. The standard InChI is InChI=1S/C54H103N3O5/c1-6-10-14-19-25-32-48(33-26-20-15-11-7-2)46-61-52(58)36-29-23-18-24-30-43-57(54(60)56-42-31-41-55(5)44-45-56)51-39-37-50(38-40-51)53(59)62-47-49(34-27-21-16-12-8-3)35-28-22-17-13-9-4/h48-51H,6-47H2,1-5H3. The molecule has 2 aliphatic rings. The van der Waals surface area contributed by atoms with Crippen LogP contribution in [0, 0.1) is 17.8 Å². The highest BCUT2D eigenvalue weighted by Crippen LogP contribution is 2.31. The molecule has 2 rings (SSSR count). The van der Waals surface area contributed by atoms with Gasteiger partial charge in [0.05, 0.1) is 19.1 Å². The monoisotopic (exact) mass is 874 g/mol. The second-order valence-corrected chi connectivity index (χ2v) is 20.0. The molecule has 1 saturated heterocycles. The topological polar surface area (TPSA) is 79.4 Å². The number of carbonyl (C=O) groups is 3. The predicted molar refractivity (Wildman–Crippen MR) is 262 cm³/mol. The van der Waals surface area contributed by atoms with Crippen molar-refractivity contribution in [1.29, 1.82) is 0 Å². The van der Waals surface area contributed by atoms with Gasteiger partial charge in [-0.1, -0.05) is 175 Å². The number of nitrogens with zero attached hydrogens (tertiary/aromatic N) is 3. The number of unbranched alkanes of at least 4 members (excludes halogenated alkanes) is 20. The first-order valence-electron chi connectivity index (χ1n) is 27.4. The lowest BCUT2D eigenvalue weighted by molar-refractivity contribution is -0.151. The molecular weight excluding hydrogens is 771 g/mol. The number of likely N-dealkylation sites (N-methyl/N-ethyl adjacent to an activating group) is 1. The van der Waals surface area contributed by atoms with Crippen LogP contribution >= 0.6 is 0 Å². The van der Waals surface area contributed by atoms with E-state index >= 15 is 0 Å². The quantitative estimate of drug-likeness (QED) is 0.0454. The van der Waals surface area contributed by atoms with Crippen molar-refractivity contribution in [3.8, 4) is 0 Å². The van der Waals surface area contributed by atoms with Crippen LogP contribution in [0.25, 0.3) is 0 Å². The third-order valence-electron chi connectivity index (χ3n) is 14.3. The van der Waals surface area contributed by atoms with Crippen molar-refractivity contribution in [1.82, 2.24) is 14.7 Å². The van der Waals surface area contributed by atoms with E-state index in [-0.39, 0.29) is 29.9 Å². The van der Waals surface area contributed by atoms with Gasteiger partial charge in [-0.15, -0.1) is 0 Å². The minimum absolute atomic E-state index is 0.00171. The number of hydrogen-bond donors (Lipinski definition) is 0. The van der Waals surface area contributed by atoms with Gasteiger partial charge in [0, 0.05) is 38.6 Å². The molecule has 0 atom stereocenters. The highest BCUT2D eigenvalue weighted by molar-refractivity contribution is 5.75. The van der Waals surface area contributed by atoms with E-state index in [0.29, 0.717) is 31.5 Å². The Labute approximate surface area is 384 Å². The summed E-state index contributed by atoms with van der Waals surface area (Å²) in [6, 6.07) is 0.368. The van der Waals surface area contributed by atoms with Crippen LogP contribution < -0.4 is 0 Å². The molecule has 1 saturated carbocycles. The first-order chi connectivity index (χ1) is 30.3. The zero-order valence-electron chi connectivity index (χ0n) is 41.9. The molecule has 0 radical (unpaired) electrons. The average molecular weight is 874 g/mol. The Hall–Kier alpha value is -1.83. The molecule has 8 nitrogen and oxygen atoms in total. The Balaban J connectivity index is 1.82. The molecule has 62 heavy (non-hydrogen) atoms. The van der Waals surface area contributed by atoms with Crippen molar-refractivity contribution in [3.63, 3.8) is 0 Å². The molecule has 0 aromatic carbocycles. The Morgan fingerprint density at radius 3 is 1.48 bits per heavy atom. The van der Waals surface area contributed by atoms with E-state index in [2.05, 4.69) is 49.4 Å². The van der Waals surface area contributed by atoms with Crippen molar-refractivity contribution < 1.29 is 23.9 Å². The highest BCUT2D eigenvalue weighted by Gasteiger charge is 2.34. The molecule has 0 aromatic heterocycles. The summed E-state index contributed by atoms with van der Waals surface area (Å²) in [7, 11) is 2.15. The normalized spacial score (nSPS) is 17.4. The molecule has 364 valence electrons. The van der Waals surface area contributed by atoms with E-state index in [1.54, 1.807) is 0 Å². The fraction of sp³-hybridized carbons (Fsp3) is 0.944. The molecule has 1 heterocycles. The number of rotatable bonds is 38. The Morgan fingerprint density at radius 1 is 0.516 bits per heavy atom. The van der Waals surface area contributed by atoms with E-state index in [1.165, 1.54) is 154 Å². The summed E-state index contributed by atoms with van der Waals surface area (Å²) in [5.41, 5.74) is 0. The minimum Gasteiger partial charge on any atom is -0.465 e. The maximum Gasteiger partial charge on any atom is 0.320 e. The Morgan fingerprint density at radius 2 is 0.968 bits per heavy atom. The van der Waals surface area contributed by atoms with Crippen molar-refractivity contribution in [2.45, 2.75) is 258 Å². The number of amides is 2. The van der Waals surface area contributed by atoms with Gasteiger partial charge in [0.25, 0.3) is 0 Å². The maximum absolute atomic E-state index is 14.2. The zero-order chi connectivity index (χ0) is 44.9. The largest absolute Gasteiger partial charge is 0.465 e. The maximum atomic E-state index is 14.2. The summed E-state index contributed by atoms with van der Waals surface area (Å²) in [6.07, 6.45) is 40.4. The summed E-state index contributed by atoms with van der Waals surface area (Å²) in [5.74, 6) is 0.915. The number of carbonyl (C=O) groups excluding carboxylic acids is 3. The van der Waals surface area contributed by atoms with Gasteiger partial charge in [0.1, 0.15) is 0 Å². The molecular formula is C54H103N3O5. The van der Waals surface area contributed by atoms with E-state index in [1.807, 2.05) is 0 Å². The first kappa shape index (κ1) is 56.3. The lowest BCUT2D eigenvalue weighted by Gasteiger charge is -2.39. The molecule has 2 fully saturated rings. The number of ether oxygens (including phenoxy) is 2. The second kappa shape index (κ2) is 38.4. The first-order valence-corrected chi connectivity index (χ1v) is 27.4. The van der Waals surface area contributed by atoms with Crippen LogP contribution in [0.15, 0.2) is 0 Å². The van der Waals surface area contributed by atoms with Crippen molar-refractivity contribution >= 4 is 18.0 Å². The second-order valence-electron chi connectivity index (χ2n) is 20.0. The molecule has 1 aliphatic carbocycles. The van der Waals surface area contributed by atoms with Crippen LogP contribution in [0.2, 0.25) is 0 Å². The van der Waals surface area contributed by atoms with E-state index < -0.39 is 0 Å². The van der Waals surface area contributed by atoms with E-state index in [9.17, 15) is 14.4 Å². The van der Waals surface area contributed by atoms with Gasteiger partial charge < -0.3 is 24.2 Å². The molecule has 1 aliphatic heterocycles. The third-order valence-corrected chi connectivity index (χ3v) is 14.3. The summed E-state index contributed by atoms with van der Waals surface area (Å²) in [5, 5.41) is 0. The third kappa shape index (κ3) is 27.5. The molecule has 0 bridgehead atoms. The predicted octanol–water partition coefficient (Wildman–Crippen LogP) is 14.7. The van der Waals surface area contributed by atoms with Gasteiger partial charge in [-0.25, -0.2) is 4.79 Å². The summed E-state index contributed by atoms with van der Waals surface area (Å²) in [6.45, 7) is 14.5. The minimum atomic E-state index is -0.0477. The Kier molecular flexibility index (Phi) is 34.9.